The molecule has 0 amide bonds. The number of rotatable bonds is 3. The Morgan fingerprint density at radius 1 is 0.957 bits per heavy atom. The Hall–Kier alpha value is -1.57. The first-order valence-corrected chi connectivity index (χ1v) is 6.55. The molecule has 0 N–H and O–H groups in total. The van der Waals surface area contributed by atoms with Crippen molar-refractivity contribution < 1.29 is 52.1 Å². The topological polar surface area (TPSA) is 56.3 Å². The molecule has 1 rings (SSSR count). The highest BCUT2D eigenvalue weighted by Gasteiger charge is 2.54. The van der Waals surface area contributed by atoms with Crippen LogP contribution in [0.3, 0.4) is 0 Å². The fourth-order valence-electron chi connectivity index (χ4n) is 1.24. The lowest BCUT2D eigenvalue weighted by atomic mass is 10.1. The first-order valence-electron chi connectivity index (χ1n) is 5.14. The molecule has 1 atom stereocenters. The van der Waals surface area contributed by atoms with E-state index in [4.69, 9.17) is 0 Å². The van der Waals surface area contributed by atoms with Gasteiger partial charge in [0.1, 0.15) is 0 Å². The van der Waals surface area contributed by atoms with Gasteiger partial charge in [-0.2, -0.15) is 47.9 Å². The van der Waals surface area contributed by atoms with Gasteiger partial charge in [0.25, 0.3) is 0 Å². The molecule has 0 saturated heterocycles. The molecular formula is C9H4F9NO3S. The molecule has 1 heterocycles. The van der Waals surface area contributed by atoms with Gasteiger partial charge < -0.3 is 0 Å². The zero-order chi connectivity index (χ0) is 18.3. The smallest absolute Gasteiger partial charge is 0.264 e. The van der Waals surface area contributed by atoms with E-state index in [9.17, 15) is 47.9 Å². The third-order valence-corrected chi connectivity index (χ3v) is 3.21. The lowest BCUT2D eigenvalue weighted by molar-refractivity contribution is -0.200. The van der Waals surface area contributed by atoms with Crippen molar-refractivity contribution in [1.29, 1.82) is 0 Å². The van der Waals surface area contributed by atoms with Crippen molar-refractivity contribution in [1.82, 2.24) is 4.98 Å². The molecule has 0 spiro atoms. The standard InChI is InChI=1S/C9H4F9NO3S/c10-7(11,12)5-1-4(2-19-3-5)6(8(13,14)15)22-23(20,21)9(16,17)18/h1-3,6H. The summed E-state index contributed by atoms with van der Waals surface area (Å²) < 4.78 is 136. The van der Waals surface area contributed by atoms with Gasteiger partial charge in [-0.25, -0.2) is 4.18 Å². The fourth-order valence-corrected chi connectivity index (χ4v) is 1.82. The van der Waals surface area contributed by atoms with E-state index in [1.54, 1.807) is 0 Å². The molecule has 23 heavy (non-hydrogen) atoms. The summed E-state index contributed by atoms with van der Waals surface area (Å²) in [5.74, 6) is 0. The van der Waals surface area contributed by atoms with E-state index in [0.717, 1.165) is 0 Å². The minimum Gasteiger partial charge on any atom is -0.264 e. The SMILES string of the molecule is O=S(=O)(OC(c1cncc(C(F)(F)F)c1)C(F)(F)F)C(F)(F)F. The van der Waals surface area contributed by atoms with Crippen LogP contribution in [0.5, 0.6) is 0 Å². The van der Waals surface area contributed by atoms with E-state index >= 15 is 0 Å². The quantitative estimate of drug-likeness (QED) is 0.459. The molecule has 0 fully saturated rings. The summed E-state index contributed by atoms with van der Waals surface area (Å²) in [6.45, 7) is 0. The second-order valence-corrected chi connectivity index (χ2v) is 5.49. The molecule has 0 aliphatic rings. The first kappa shape index (κ1) is 19.5. The molecule has 0 aliphatic carbocycles. The van der Waals surface area contributed by atoms with Gasteiger partial charge >= 0.3 is 28.0 Å². The summed E-state index contributed by atoms with van der Waals surface area (Å²) in [7, 11) is -6.71. The Bertz CT molecular complexity index is 662. The first-order chi connectivity index (χ1) is 10.1. The maximum absolute atomic E-state index is 12.7. The number of nitrogens with zero attached hydrogens (tertiary/aromatic N) is 1. The molecule has 4 nitrogen and oxygen atoms in total. The predicted octanol–water partition coefficient (Wildman–Crippen LogP) is 3.57. The predicted molar refractivity (Wildman–Crippen MR) is 54.1 cm³/mol. The van der Waals surface area contributed by atoms with Crippen LogP contribution < -0.4 is 0 Å². The van der Waals surface area contributed by atoms with E-state index in [1.165, 1.54) is 0 Å². The molecule has 132 valence electrons. The summed E-state index contributed by atoms with van der Waals surface area (Å²) in [4.78, 5) is 2.80. The van der Waals surface area contributed by atoms with E-state index in [0.29, 0.717) is 0 Å². The van der Waals surface area contributed by atoms with Crippen LogP contribution in [-0.4, -0.2) is 25.1 Å². The molecule has 14 heteroatoms. The maximum atomic E-state index is 12.7. The molecule has 0 aromatic carbocycles. The minimum atomic E-state index is -6.71. The number of hydrogen-bond donors (Lipinski definition) is 0. The van der Waals surface area contributed by atoms with Gasteiger partial charge in [0.2, 0.25) is 0 Å². The molecule has 0 bridgehead atoms. The van der Waals surface area contributed by atoms with Crippen molar-refractivity contribution in [2.24, 2.45) is 0 Å². The van der Waals surface area contributed by atoms with E-state index < -0.39 is 45.2 Å². The largest absolute Gasteiger partial charge is 0.523 e. The normalized spacial score (nSPS) is 15.5. The third-order valence-electron chi connectivity index (χ3n) is 2.19. The summed E-state index contributed by atoms with van der Waals surface area (Å²) in [5, 5.41) is 0. The van der Waals surface area contributed by atoms with Gasteiger partial charge in [-0.1, -0.05) is 0 Å². The highest BCUT2D eigenvalue weighted by Crippen LogP contribution is 2.41. The lowest BCUT2D eigenvalue weighted by Crippen LogP contribution is -2.33. The van der Waals surface area contributed by atoms with Crippen LogP contribution in [0.2, 0.25) is 0 Å². The average Bonchev–Trinajstić information content (AvgIpc) is 2.32. The van der Waals surface area contributed by atoms with Crippen LogP contribution >= 0.6 is 0 Å². The van der Waals surface area contributed by atoms with Crippen molar-refractivity contribution in [3.05, 3.63) is 29.6 Å². The Labute approximate surface area is 122 Å². The van der Waals surface area contributed by atoms with Crippen LogP contribution in [0.1, 0.15) is 17.2 Å². The molecule has 0 radical (unpaired) electrons. The fraction of sp³-hybridized carbons (Fsp3) is 0.444. The van der Waals surface area contributed by atoms with Gasteiger partial charge in [0.15, 0.2) is 6.10 Å². The second-order valence-electron chi connectivity index (χ2n) is 3.92. The number of aromatic nitrogens is 1. The van der Waals surface area contributed by atoms with Gasteiger partial charge in [0, 0.05) is 18.0 Å². The molecule has 1 aromatic rings. The summed E-state index contributed by atoms with van der Waals surface area (Å²) >= 11 is 0. The lowest BCUT2D eigenvalue weighted by Gasteiger charge is -2.21. The van der Waals surface area contributed by atoms with Crippen LogP contribution in [0.25, 0.3) is 0 Å². The van der Waals surface area contributed by atoms with Crippen LogP contribution in [-0.2, 0) is 20.5 Å². The third kappa shape index (κ3) is 4.70. The van der Waals surface area contributed by atoms with Crippen molar-refractivity contribution >= 4 is 10.1 Å². The van der Waals surface area contributed by atoms with Crippen molar-refractivity contribution in [2.45, 2.75) is 24.0 Å². The number of alkyl halides is 9. The van der Waals surface area contributed by atoms with E-state index in [1.807, 2.05) is 0 Å². The van der Waals surface area contributed by atoms with Crippen LogP contribution in [0.4, 0.5) is 39.5 Å². The zero-order valence-electron chi connectivity index (χ0n) is 10.3. The van der Waals surface area contributed by atoms with Gasteiger partial charge in [-0.15, -0.1) is 0 Å². The monoisotopic (exact) mass is 377 g/mol. The van der Waals surface area contributed by atoms with Crippen molar-refractivity contribution in [2.75, 3.05) is 0 Å². The Morgan fingerprint density at radius 3 is 1.87 bits per heavy atom. The summed E-state index contributed by atoms with van der Waals surface area (Å²) in [6, 6.07) is -0.211. The van der Waals surface area contributed by atoms with Crippen LogP contribution in [0.15, 0.2) is 18.5 Å². The number of pyridine rings is 1. The minimum absolute atomic E-state index is 0.106. The Balaban J connectivity index is 3.36. The Morgan fingerprint density at radius 2 is 1.48 bits per heavy atom. The van der Waals surface area contributed by atoms with Crippen LogP contribution in [0, 0.1) is 0 Å². The van der Waals surface area contributed by atoms with Gasteiger partial charge in [-0.05, 0) is 6.07 Å². The van der Waals surface area contributed by atoms with E-state index in [-0.39, 0.29) is 18.5 Å². The Kier molecular flexibility index (Phi) is 4.92. The molecule has 1 aromatic heterocycles. The number of hydrogen-bond acceptors (Lipinski definition) is 4. The van der Waals surface area contributed by atoms with E-state index in [2.05, 4.69) is 9.17 Å². The number of halogens is 9. The van der Waals surface area contributed by atoms with Crippen molar-refractivity contribution in [3.8, 4) is 0 Å². The summed E-state index contributed by atoms with van der Waals surface area (Å²) in [6.07, 6.45) is -14.5. The second kappa shape index (κ2) is 5.81. The molecular weight excluding hydrogens is 373 g/mol. The molecule has 1 unspecified atom stereocenters. The zero-order valence-corrected chi connectivity index (χ0v) is 11.1. The molecule has 0 aliphatic heterocycles. The summed E-state index contributed by atoms with van der Waals surface area (Å²) in [5.41, 5.74) is -9.47. The van der Waals surface area contributed by atoms with Gasteiger partial charge in [0.05, 0.1) is 5.56 Å². The highest BCUT2D eigenvalue weighted by molar-refractivity contribution is 7.87. The molecule has 0 saturated carbocycles. The average molecular weight is 377 g/mol. The highest BCUT2D eigenvalue weighted by atomic mass is 32.2. The maximum Gasteiger partial charge on any atom is 0.523 e. The van der Waals surface area contributed by atoms with Gasteiger partial charge in [-0.3, -0.25) is 4.98 Å². The van der Waals surface area contributed by atoms with Crippen molar-refractivity contribution in [3.63, 3.8) is 0 Å².